The van der Waals surface area contributed by atoms with Crippen LogP contribution < -0.4 is 0 Å². The molecule has 4 rings (SSSR count). The first-order chi connectivity index (χ1) is 11.2. The number of pyridine rings is 2. The van der Waals surface area contributed by atoms with Crippen molar-refractivity contribution in [3.63, 3.8) is 0 Å². The van der Waals surface area contributed by atoms with E-state index in [0.717, 1.165) is 33.2 Å². The number of hydrogen-bond donors (Lipinski definition) is 1. The van der Waals surface area contributed by atoms with Gasteiger partial charge in [0.2, 0.25) is 0 Å². The van der Waals surface area contributed by atoms with Crippen molar-refractivity contribution in [1.82, 2.24) is 14.5 Å². The number of benzene rings is 1. The van der Waals surface area contributed by atoms with Crippen molar-refractivity contribution in [2.75, 3.05) is 0 Å². The molecular formula is C18H13N3O2. The second kappa shape index (κ2) is 5.21. The molecule has 0 radical (unpaired) electrons. The maximum absolute atomic E-state index is 11.2. The Balaban J connectivity index is 2.02. The standard InChI is InChI=1S/C18H13N3O2/c22-18(23)11-21-16-7-2-1-5-12(16)13-9-15(20-10-17(13)21)14-6-3-4-8-19-14/h1-10H,11H2,(H,22,23). The summed E-state index contributed by atoms with van der Waals surface area (Å²) >= 11 is 0. The monoisotopic (exact) mass is 303 g/mol. The number of fused-ring (bicyclic) bond motifs is 3. The van der Waals surface area contributed by atoms with Crippen LogP contribution in [-0.4, -0.2) is 25.6 Å². The van der Waals surface area contributed by atoms with E-state index in [1.165, 1.54) is 0 Å². The summed E-state index contributed by atoms with van der Waals surface area (Å²) in [5.74, 6) is -0.874. The summed E-state index contributed by atoms with van der Waals surface area (Å²) in [6.45, 7) is -0.0887. The number of hydrogen-bond acceptors (Lipinski definition) is 3. The molecule has 5 nitrogen and oxygen atoms in total. The Morgan fingerprint density at radius 3 is 2.57 bits per heavy atom. The number of rotatable bonds is 3. The smallest absolute Gasteiger partial charge is 0.323 e. The van der Waals surface area contributed by atoms with E-state index in [4.69, 9.17) is 0 Å². The molecular weight excluding hydrogens is 290 g/mol. The highest BCUT2D eigenvalue weighted by atomic mass is 16.4. The molecule has 4 aromatic rings. The molecule has 23 heavy (non-hydrogen) atoms. The van der Waals surface area contributed by atoms with E-state index >= 15 is 0 Å². The summed E-state index contributed by atoms with van der Waals surface area (Å²) in [6.07, 6.45) is 3.46. The highest BCUT2D eigenvalue weighted by Crippen LogP contribution is 2.30. The van der Waals surface area contributed by atoms with E-state index in [0.29, 0.717) is 0 Å². The fraction of sp³-hybridized carbons (Fsp3) is 0.0556. The van der Waals surface area contributed by atoms with Crippen molar-refractivity contribution in [3.8, 4) is 11.4 Å². The van der Waals surface area contributed by atoms with Gasteiger partial charge in [0.15, 0.2) is 0 Å². The fourth-order valence-corrected chi connectivity index (χ4v) is 2.91. The van der Waals surface area contributed by atoms with Gasteiger partial charge in [-0.2, -0.15) is 0 Å². The number of carbonyl (C=O) groups is 1. The third-order valence-corrected chi connectivity index (χ3v) is 3.88. The predicted octanol–water partition coefficient (Wildman–Crippen LogP) is 3.34. The van der Waals surface area contributed by atoms with Crippen molar-refractivity contribution in [2.24, 2.45) is 0 Å². The molecule has 0 amide bonds. The van der Waals surface area contributed by atoms with Crippen molar-refractivity contribution in [3.05, 3.63) is 60.9 Å². The SMILES string of the molecule is O=C(O)Cn1c2ccccc2c2cc(-c3ccccn3)ncc21. The fourth-order valence-electron chi connectivity index (χ4n) is 2.91. The molecule has 0 spiro atoms. The first-order valence-electron chi connectivity index (χ1n) is 7.24. The number of aromatic nitrogens is 3. The minimum absolute atomic E-state index is 0.0887. The zero-order chi connectivity index (χ0) is 15.8. The normalized spacial score (nSPS) is 11.1. The lowest BCUT2D eigenvalue weighted by atomic mass is 10.1. The van der Waals surface area contributed by atoms with Gasteiger partial charge in [0.1, 0.15) is 6.54 Å². The Morgan fingerprint density at radius 2 is 1.78 bits per heavy atom. The molecule has 0 saturated carbocycles. The Hall–Kier alpha value is -3.21. The van der Waals surface area contributed by atoms with Crippen LogP contribution >= 0.6 is 0 Å². The third kappa shape index (κ3) is 2.23. The van der Waals surface area contributed by atoms with Crippen LogP contribution in [0.1, 0.15) is 0 Å². The maximum Gasteiger partial charge on any atom is 0.323 e. The van der Waals surface area contributed by atoms with E-state index < -0.39 is 5.97 Å². The molecule has 0 aliphatic carbocycles. The van der Waals surface area contributed by atoms with E-state index in [1.807, 2.05) is 48.5 Å². The number of nitrogens with zero attached hydrogens (tertiary/aromatic N) is 3. The Morgan fingerprint density at radius 1 is 0.957 bits per heavy atom. The zero-order valence-corrected chi connectivity index (χ0v) is 12.2. The van der Waals surface area contributed by atoms with Gasteiger partial charge in [-0.1, -0.05) is 24.3 Å². The van der Waals surface area contributed by atoms with Crippen molar-refractivity contribution < 1.29 is 9.90 Å². The zero-order valence-electron chi connectivity index (χ0n) is 12.2. The molecule has 1 aromatic carbocycles. The summed E-state index contributed by atoms with van der Waals surface area (Å²) in [7, 11) is 0. The molecule has 5 heteroatoms. The van der Waals surface area contributed by atoms with Crippen molar-refractivity contribution >= 4 is 27.8 Å². The number of para-hydroxylation sites is 1. The quantitative estimate of drug-likeness (QED) is 0.630. The van der Waals surface area contributed by atoms with E-state index in [2.05, 4.69) is 9.97 Å². The lowest BCUT2D eigenvalue weighted by Crippen LogP contribution is -2.08. The van der Waals surface area contributed by atoms with E-state index in [1.54, 1.807) is 17.0 Å². The van der Waals surface area contributed by atoms with Crippen LogP contribution in [0, 0.1) is 0 Å². The van der Waals surface area contributed by atoms with Crippen LogP contribution in [0.2, 0.25) is 0 Å². The average Bonchev–Trinajstić information content (AvgIpc) is 2.89. The van der Waals surface area contributed by atoms with Crippen LogP contribution in [0.15, 0.2) is 60.9 Å². The molecule has 1 N–H and O–H groups in total. The molecule has 0 unspecified atom stereocenters. The Kier molecular flexibility index (Phi) is 3.05. The Bertz CT molecular complexity index is 1020. The van der Waals surface area contributed by atoms with Crippen LogP contribution in [0.4, 0.5) is 0 Å². The topological polar surface area (TPSA) is 68.0 Å². The highest BCUT2D eigenvalue weighted by molar-refractivity contribution is 6.09. The largest absolute Gasteiger partial charge is 0.480 e. The lowest BCUT2D eigenvalue weighted by molar-refractivity contribution is -0.137. The molecule has 0 aliphatic heterocycles. The summed E-state index contributed by atoms with van der Waals surface area (Å²) < 4.78 is 1.78. The van der Waals surface area contributed by atoms with Gasteiger partial charge in [-0.3, -0.25) is 14.8 Å². The molecule has 0 atom stereocenters. The molecule has 0 aliphatic rings. The van der Waals surface area contributed by atoms with Gasteiger partial charge < -0.3 is 9.67 Å². The second-order valence-electron chi connectivity index (χ2n) is 5.30. The maximum atomic E-state index is 11.2. The summed E-state index contributed by atoms with van der Waals surface area (Å²) in [5.41, 5.74) is 3.28. The van der Waals surface area contributed by atoms with Gasteiger partial charge in [0.25, 0.3) is 0 Å². The minimum atomic E-state index is -0.874. The van der Waals surface area contributed by atoms with Gasteiger partial charge in [-0.25, -0.2) is 0 Å². The average molecular weight is 303 g/mol. The molecule has 0 saturated heterocycles. The van der Waals surface area contributed by atoms with Gasteiger partial charge in [0, 0.05) is 22.5 Å². The minimum Gasteiger partial charge on any atom is -0.480 e. The number of carboxylic acid groups (broad SMARTS) is 1. The van der Waals surface area contributed by atoms with Gasteiger partial charge in [-0.05, 0) is 24.3 Å². The van der Waals surface area contributed by atoms with Gasteiger partial charge in [0.05, 0.1) is 23.1 Å². The van der Waals surface area contributed by atoms with Crippen LogP contribution in [0.5, 0.6) is 0 Å². The van der Waals surface area contributed by atoms with E-state index in [9.17, 15) is 9.90 Å². The summed E-state index contributed by atoms with van der Waals surface area (Å²) in [4.78, 5) is 20.0. The summed E-state index contributed by atoms with van der Waals surface area (Å²) in [6, 6.07) is 15.4. The van der Waals surface area contributed by atoms with Gasteiger partial charge >= 0.3 is 5.97 Å². The molecule has 0 fully saturated rings. The molecule has 112 valence electrons. The highest BCUT2D eigenvalue weighted by Gasteiger charge is 2.14. The third-order valence-electron chi connectivity index (χ3n) is 3.88. The molecule has 3 aromatic heterocycles. The Labute approximate surface area is 131 Å². The van der Waals surface area contributed by atoms with Crippen LogP contribution in [-0.2, 0) is 11.3 Å². The lowest BCUT2D eigenvalue weighted by Gasteiger charge is -2.04. The molecule has 3 heterocycles. The molecule has 0 bridgehead atoms. The van der Waals surface area contributed by atoms with Crippen molar-refractivity contribution in [2.45, 2.75) is 6.54 Å². The number of carboxylic acids is 1. The second-order valence-corrected chi connectivity index (χ2v) is 5.30. The predicted molar refractivity (Wildman–Crippen MR) is 88.1 cm³/mol. The number of aliphatic carboxylic acids is 1. The first kappa shape index (κ1) is 13.5. The van der Waals surface area contributed by atoms with Crippen LogP contribution in [0.3, 0.4) is 0 Å². The van der Waals surface area contributed by atoms with Crippen LogP contribution in [0.25, 0.3) is 33.2 Å². The van der Waals surface area contributed by atoms with E-state index in [-0.39, 0.29) is 6.54 Å². The van der Waals surface area contributed by atoms with Gasteiger partial charge in [-0.15, -0.1) is 0 Å². The summed E-state index contributed by atoms with van der Waals surface area (Å²) in [5, 5.41) is 11.2. The first-order valence-corrected chi connectivity index (χ1v) is 7.24. The van der Waals surface area contributed by atoms with Crippen molar-refractivity contribution in [1.29, 1.82) is 0 Å².